The van der Waals surface area contributed by atoms with Gasteiger partial charge in [0, 0.05) is 32.1 Å². The maximum absolute atomic E-state index is 11.1. The van der Waals surface area contributed by atoms with Gasteiger partial charge < -0.3 is 19.7 Å². The third kappa shape index (κ3) is 6.51. The highest BCUT2D eigenvalue weighted by atomic mass is 32.1. The third-order valence-corrected chi connectivity index (χ3v) is 3.40. The van der Waals surface area contributed by atoms with Crippen molar-refractivity contribution in [2.75, 3.05) is 52.8 Å². The molecule has 108 valence electrons. The monoisotopic (exact) mass is 287 g/mol. The molecule has 0 radical (unpaired) electrons. The second-order valence-electron chi connectivity index (χ2n) is 4.12. The third-order valence-electron chi connectivity index (χ3n) is 2.55. The van der Waals surface area contributed by atoms with E-state index in [4.69, 9.17) is 4.74 Å². The Morgan fingerprint density at radius 1 is 1.47 bits per heavy atom. The number of thiazole rings is 1. The Morgan fingerprint density at radius 2 is 2.26 bits per heavy atom. The van der Waals surface area contributed by atoms with E-state index in [0.717, 1.165) is 37.1 Å². The van der Waals surface area contributed by atoms with Gasteiger partial charge in [-0.15, -0.1) is 11.3 Å². The summed E-state index contributed by atoms with van der Waals surface area (Å²) in [5.41, 5.74) is 0.743. The average molecular weight is 287 g/mol. The van der Waals surface area contributed by atoms with Gasteiger partial charge in [-0.05, 0) is 7.05 Å². The zero-order chi connectivity index (χ0) is 14.1. The number of hydrogen-bond donors (Lipinski definition) is 1. The van der Waals surface area contributed by atoms with E-state index < -0.39 is 0 Å². The highest BCUT2D eigenvalue weighted by molar-refractivity contribution is 7.13. The minimum atomic E-state index is -0.267. The van der Waals surface area contributed by atoms with E-state index in [1.807, 2.05) is 12.4 Å². The van der Waals surface area contributed by atoms with Crippen molar-refractivity contribution in [3.8, 4) is 0 Å². The van der Waals surface area contributed by atoms with E-state index in [9.17, 15) is 4.79 Å². The lowest BCUT2D eigenvalue weighted by Crippen LogP contribution is -2.28. The van der Waals surface area contributed by atoms with Gasteiger partial charge in [-0.1, -0.05) is 0 Å². The van der Waals surface area contributed by atoms with Crippen LogP contribution < -0.4 is 5.32 Å². The van der Waals surface area contributed by atoms with E-state index in [0.29, 0.717) is 0 Å². The highest BCUT2D eigenvalue weighted by Crippen LogP contribution is 2.15. The number of carbonyl (C=O) groups is 1. The normalized spacial score (nSPS) is 10.7. The molecule has 0 fully saturated rings. The van der Waals surface area contributed by atoms with Crippen LogP contribution >= 0.6 is 11.3 Å². The fourth-order valence-corrected chi connectivity index (χ4v) is 2.14. The van der Waals surface area contributed by atoms with Crippen LogP contribution in [0, 0.1) is 0 Å². The Labute approximate surface area is 117 Å². The summed E-state index contributed by atoms with van der Waals surface area (Å²) >= 11 is 1.50. The summed E-state index contributed by atoms with van der Waals surface area (Å²) in [7, 11) is 5.12. The van der Waals surface area contributed by atoms with Crippen LogP contribution in [0.4, 0.5) is 5.13 Å². The van der Waals surface area contributed by atoms with Crippen molar-refractivity contribution in [1.29, 1.82) is 0 Å². The quantitative estimate of drug-likeness (QED) is 0.679. The Hall–Kier alpha value is -1.18. The second kappa shape index (κ2) is 8.84. The van der Waals surface area contributed by atoms with Crippen molar-refractivity contribution < 1.29 is 14.3 Å². The molecular formula is C12H21N3O3S. The van der Waals surface area contributed by atoms with Crippen LogP contribution in [0.15, 0.2) is 5.38 Å². The minimum Gasteiger partial charge on any atom is -0.469 e. The standard InChI is InChI=1S/C12H21N3O3S/c1-15(6-7-17-2)5-4-13-12-14-10(9-19-12)8-11(16)18-3/h9H,4-8H2,1-3H3,(H,13,14). The van der Waals surface area contributed by atoms with Gasteiger partial charge in [0.2, 0.25) is 0 Å². The summed E-state index contributed by atoms with van der Waals surface area (Å²) < 4.78 is 9.61. The SMILES string of the molecule is COCCN(C)CCNc1nc(CC(=O)OC)cs1. The molecule has 1 aromatic heterocycles. The molecule has 1 rings (SSSR count). The average Bonchev–Trinajstić information content (AvgIpc) is 2.83. The lowest BCUT2D eigenvalue weighted by molar-refractivity contribution is -0.139. The maximum atomic E-state index is 11.1. The molecule has 0 saturated heterocycles. The van der Waals surface area contributed by atoms with Crippen LogP contribution in [0.25, 0.3) is 0 Å². The number of rotatable bonds is 9. The number of hydrogen-bond acceptors (Lipinski definition) is 7. The molecule has 0 aliphatic rings. The molecule has 0 amide bonds. The topological polar surface area (TPSA) is 63.7 Å². The molecule has 0 aliphatic heterocycles. The fourth-order valence-electron chi connectivity index (χ4n) is 1.40. The Morgan fingerprint density at radius 3 is 2.95 bits per heavy atom. The molecular weight excluding hydrogens is 266 g/mol. The summed E-state index contributed by atoms with van der Waals surface area (Å²) in [6, 6.07) is 0. The first kappa shape index (κ1) is 15.9. The maximum Gasteiger partial charge on any atom is 0.311 e. The lowest BCUT2D eigenvalue weighted by Gasteiger charge is -2.15. The first-order chi connectivity index (χ1) is 9.15. The van der Waals surface area contributed by atoms with Gasteiger partial charge in [0.05, 0.1) is 25.8 Å². The number of likely N-dealkylation sites (N-methyl/N-ethyl adjacent to an activating group) is 1. The summed E-state index contributed by atoms with van der Waals surface area (Å²) in [6.45, 7) is 3.36. The van der Waals surface area contributed by atoms with Gasteiger partial charge >= 0.3 is 5.97 Å². The number of esters is 1. The van der Waals surface area contributed by atoms with Gasteiger partial charge in [0.1, 0.15) is 0 Å². The van der Waals surface area contributed by atoms with Crippen LogP contribution in [0.2, 0.25) is 0 Å². The molecule has 1 N–H and O–H groups in total. The van der Waals surface area contributed by atoms with Gasteiger partial charge in [-0.3, -0.25) is 4.79 Å². The van der Waals surface area contributed by atoms with E-state index >= 15 is 0 Å². The van der Waals surface area contributed by atoms with Crippen LogP contribution in [-0.2, 0) is 20.7 Å². The molecule has 1 heterocycles. The molecule has 0 unspecified atom stereocenters. The van der Waals surface area contributed by atoms with Gasteiger partial charge in [0.25, 0.3) is 0 Å². The number of nitrogens with one attached hydrogen (secondary N) is 1. The van der Waals surface area contributed by atoms with Crippen molar-refractivity contribution in [3.63, 3.8) is 0 Å². The van der Waals surface area contributed by atoms with Crippen molar-refractivity contribution in [3.05, 3.63) is 11.1 Å². The Bertz CT molecular complexity index is 384. The summed E-state index contributed by atoms with van der Waals surface area (Å²) in [5.74, 6) is -0.267. The van der Waals surface area contributed by atoms with Crippen LogP contribution in [-0.4, -0.2) is 63.4 Å². The molecule has 19 heavy (non-hydrogen) atoms. The first-order valence-electron chi connectivity index (χ1n) is 6.08. The Balaban J connectivity index is 2.24. The van der Waals surface area contributed by atoms with Gasteiger partial charge in [0.15, 0.2) is 5.13 Å². The van der Waals surface area contributed by atoms with Crippen molar-refractivity contribution >= 4 is 22.4 Å². The van der Waals surface area contributed by atoms with E-state index in [1.54, 1.807) is 7.11 Å². The van der Waals surface area contributed by atoms with E-state index in [-0.39, 0.29) is 12.4 Å². The predicted molar refractivity (Wildman–Crippen MR) is 75.7 cm³/mol. The smallest absolute Gasteiger partial charge is 0.311 e. The summed E-state index contributed by atoms with van der Waals surface area (Å²) in [4.78, 5) is 17.6. The molecule has 0 bridgehead atoms. The molecule has 0 saturated carbocycles. The van der Waals surface area contributed by atoms with Crippen molar-refractivity contribution in [2.45, 2.75) is 6.42 Å². The number of carbonyl (C=O) groups excluding carboxylic acids is 1. The number of methoxy groups -OCH3 is 2. The zero-order valence-electron chi connectivity index (χ0n) is 11.6. The molecule has 7 heteroatoms. The second-order valence-corrected chi connectivity index (χ2v) is 4.98. The number of anilines is 1. The van der Waals surface area contributed by atoms with Crippen LogP contribution in [0.3, 0.4) is 0 Å². The molecule has 0 aromatic carbocycles. The molecule has 1 aromatic rings. The molecule has 0 aliphatic carbocycles. The molecule has 6 nitrogen and oxygen atoms in total. The van der Waals surface area contributed by atoms with Crippen LogP contribution in [0.5, 0.6) is 0 Å². The zero-order valence-corrected chi connectivity index (χ0v) is 12.5. The number of nitrogens with zero attached hydrogens (tertiary/aromatic N) is 2. The van der Waals surface area contributed by atoms with Gasteiger partial charge in [-0.25, -0.2) is 4.98 Å². The summed E-state index contributed by atoms with van der Waals surface area (Å²) in [6.07, 6.45) is 0.225. The largest absolute Gasteiger partial charge is 0.469 e. The highest BCUT2D eigenvalue weighted by Gasteiger charge is 2.07. The van der Waals surface area contributed by atoms with Crippen LogP contribution in [0.1, 0.15) is 5.69 Å². The van der Waals surface area contributed by atoms with E-state index in [2.05, 4.69) is 19.9 Å². The fraction of sp³-hybridized carbons (Fsp3) is 0.667. The minimum absolute atomic E-state index is 0.225. The van der Waals surface area contributed by atoms with E-state index in [1.165, 1.54) is 18.4 Å². The summed E-state index contributed by atoms with van der Waals surface area (Å²) in [5, 5.41) is 5.94. The number of aromatic nitrogens is 1. The first-order valence-corrected chi connectivity index (χ1v) is 6.96. The van der Waals surface area contributed by atoms with Gasteiger partial charge in [-0.2, -0.15) is 0 Å². The van der Waals surface area contributed by atoms with Crippen molar-refractivity contribution in [1.82, 2.24) is 9.88 Å². The van der Waals surface area contributed by atoms with Crippen molar-refractivity contribution in [2.24, 2.45) is 0 Å². The predicted octanol–water partition coefficient (Wildman–Crippen LogP) is 0.849. The molecule has 0 atom stereocenters. The lowest BCUT2D eigenvalue weighted by atomic mass is 10.3. The number of ether oxygens (including phenoxy) is 2. The molecule has 0 spiro atoms. The Kier molecular flexibility index (Phi) is 7.39.